The van der Waals surface area contributed by atoms with Crippen LogP contribution in [-0.4, -0.2) is 10.4 Å². The largest absolute Gasteiger partial charge is 0.418 e. The van der Waals surface area contributed by atoms with Crippen LogP contribution in [0.15, 0.2) is 72.8 Å². The highest BCUT2D eigenvalue weighted by atomic mass is 19.4. The summed E-state index contributed by atoms with van der Waals surface area (Å²) in [6.07, 6.45) is 3.12. The molecule has 1 aromatic heterocycles. The zero-order valence-electron chi connectivity index (χ0n) is 29.9. The second kappa shape index (κ2) is 12.9. The first-order valence-corrected chi connectivity index (χ1v) is 18.2. The van der Waals surface area contributed by atoms with Crippen LogP contribution in [-0.2, 0) is 23.7 Å². The number of carbonyl (C=O) groups is 1. The average Bonchev–Trinajstić information content (AvgIpc) is 4.02. The number of rotatable bonds is 11. The summed E-state index contributed by atoms with van der Waals surface area (Å²) < 4.78 is 60.9. The Labute approximate surface area is 302 Å². The molecule has 6 atom stereocenters. The van der Waals surface area contributed by atoms with Gasteiger partial charge in [0, 0.05) is 23.2 Å². The molecule has 3 aromatic carbocycles. The van der Waals surface area contributed by atoms with E-state index in [0.717, 1.165) is 42.0 Å². The van der Waals surface area contributed by atoms with Crippen molar-refractivity contribution >= 4 is 11.9 Å². The number of alkyl halides is 3. The molecule has 5 nitrogen and oxygen atoms in total. The summed E-state index contributed by atoms with van der Waals surface area (Å²) in [5.74, 6) is -1.81. The van der Waals surface area contributed by atoms with Crippen LogP contribution in [0.4, 0.5) is 17.6 Å². The molecule has 9 heteroatoms. The molecule has 0 radical (unpaired) electrons. The van der Waals surface area contributed by atoms with Gasteiger partial charge in [-0.1, -0.05) is 83.0 Å². The van der Waals surface area contributed by atoms with Gasteiger partial charge in [-0.2, -0.15) is 18.4 Å². The lowest BCUT2D eigenvalue weighted by Gasteiger charge is -2.32. The summed E-state index contributed by atoms with van der Waals surface area (Å²) in [6.45, 7) is 7.06. The second-order valence-electron chi connectivity index (χ2n) is 15.3. The maximum atomic E-state index is 15.8. The molecular weight excluding hydrogens is 664 g/mol. The van der Waals surface area contributed by atoms with Gasteiger partial charge in [0.1, 0.15) is 5.82 Å². The Bertz CT molecular complexity index is 2140. The molecule has 4 N–H and O–H groups in total. The molecule has 4 aromatic rings. The molecule has 52 heavy (non-hydrogen) atoms. The Kier molecular flexibility index (Phi) is 8.87. The van der Waals surface area contributed by atoms with Crippen LogP contribution in [0.25, 0.3) is 11.8 Å². The zero-order chi connectivity index (χ0) is 37.3. The average molecular weight is 709 g/mol. The quantitative estimate of drug-likeness (QED) is 0.120. The van der Waals surface area contributed by atoms with E-state index in [2.05, 4.69) is 19.1 Å². The van der Waals surface area contributed by atoms with E-state index in [-0.39, 0.29) is 35.2 Å². The first-order valence-electron chi connectivity index (χ1n) is 18.2. The number of aromatic nitrogens is 1. The number of halogens is 4. The molecule has 6 unspecified atom stereocenters. The van der Waals surface area contributed by atoms with Crippen molar-refractivity contribution < 1.29 is 22.4 Å². The third-order valence-corrected chi connectivity index (χ3v) is 12.3. The van der Waals surface area contributed by atoms with Crippen molar-refractivity contribution in [2.45, 2.75) is 83.0 Å². The molecular formula is C43H44F4N4O. The molecule has 3 aliphatic carbocycles. The number of benzene rings is 3. The maximum absolute atomic E-state index is 15.8. The van der Waals surface area contributed by atoms with Crippen LogP contribution < -0.4 is 11.5 Å². The van der Waals surface area contributed by atoms with Crippen LogP contribution in [0, 0.1) is 40.8 Å². The van der Waals surface area contributed by atoms with E-state index in [9.17, 15) is 23.2 Å². The molecule has 0 saturated heterocycles. The maximum Gasteiger partial charge on any atom is 0.418 e. The first kappa shape index (κ1) is 35.9. The molecule has 2 fully saturated rings. The summed E-state index contributed by atoms with van der Waals surface area (Å²) in [6, 6.07) is 20.3. The molecule has 3 aliphatic rings. The van der Waals surface area contributed by atoms with Gasteiger partial charge in [-0.15, -0.1) is 0 Å². The topological polar surface area (TPSA) is 97.8 Å². The van der Waals surface area contributed by atoms with E-state index >= 15 is 4.39 Å². The molecule has 0 amide bonds. The summed E-state index contributed by atoms with van der Waals surface area (Å²) >= 11 is 0. The van der Waals surface area contributed by atoms with E-state index in [1.807, 2.05) is 24.3 Å². The highest BCUT2D eigenvalue weighted by Crippen LogP contribution is 2.60. The monoisotopic (exact) mass is 708 g/mol. The van der Waals surface area contributed by atoms with Gasteiger partial charge in [0.25, 0.3) is 0 Å². The summed E-state index contributed by atoms with van der Waals surface area (Å²) in [7, 11) is 0. The molecule has 0 bridgehead atoms. The van der Waals surface area contributed by atoms with Crippen molar-refractivity contribution in [1.29, 1.82) is 5.26 Å². The lowest BCUT2D eigenvalue weighted by Crippen LogP contribution is -2.38. The third kappa shape index (κ3) is 5.90. The minimum Gasteiger partial charge on any atom is -0.321 e. The smallest absolute Gasteiger partial charge is 0.321 e. The van der Waals surface area contributed by atoms with E-state index < -0.39 is 46.3 Å². The Balaban J connectivity index is 1.28. The van der Waals surface area contributed by atoms with Gasteiger partial charge >= 0.3 is 6.18 Å². The molecule has 7 rings (SSSR count). The Hall–Kier alpha value is -4.52. The Morgan fingerprint density at radius 3 is 2.46 bits per heavy atom. The van der Waals surface area contributed by atoms with Gasteiger partial charge in [-0.05, 0) is 101 Å². The van der Waals surface area contributed by atoms with Crippen molar-refractivity contribution in [3.8, 4) is 11.8 Å². The summed E-state index contributed by atoms with van der Waals surface area (Å²) in [5.41, 5.74) is 15.7. The molecule has 0 aliphatic heterocycles. The fraction of sp³-hybridized carbons (Fsp3) is 0.395. The van der Waals surface area contributed by atoms with Crippen molar-refractivity contribution in [2.75, 3.05) is 0 Å². The van der Waals surface area contributed by atoms with Crippen LogP contribution in [0.1, 0.15) is 114 Å². The van der Waals surface area contributed by atoms with Crippen LogP contribution >= 0.6 is 0 Å². The highest BCUT2D eigenvalue weighted by Gasteiger charge is 2.60. The molecule has 1 heterocycles. The normalized spacial score (nSPS) is 22.9. The van der Waals surface area contributed by atoms with E-state index in [1.54, 1.807) is 57.2 Å². The molecule has 0 spiro atoms. The van der Waals surface area contributed by atoms with Crippen LogP contribution in [0.2, 0.25) is 0 Å². The lowest BCUT2D eigenvalue weighted by molar-refractivity contribution is -0.138. The van der Waals surface area contributed by atoms with Gasteiger partial charge in [-0.3, -0.25) is 4.79 Å². The first-order chi connectivity index (χ1) is 24.6. The number of nitriles is 1. The van der Waals surface area contributed by atoms with E-state index in [4.69, 9.17) is 11.5 Å². The van der Waals surface area contributed by atoms with Gasteiger partial charge < -0.3 is 16.0 Å². The van der Waals surface area contributed by atoms with Crippen molar-refractivity contribution in [3.63, 3.8) is 0 Å². The molecule has 2 saturated carbocycles. The second-order valence-corrected chi connectivity index (χ2v) is 15.3. The summed E-state index contributed by atoms with van der Waals surface area (Å²) in [5, 5.41) is 9.60. The number of carbonyl (C=O) groups excluding carboxylic acids is 1. The van der Waals surface area contributed by atoms with E-state index in [1.165, 1.54) is 10.6 Å². The predicted molar refractivity (Wildman–Crippen MR) is 194 cm³/mol. The highest BCUT2D eigenvalue weighted by molar-refractivity contribution is 5.98. The predicted octanol–water partition coefficient (Wildman–Crippen LogP) is 9.53. The number of nitrogens with zero attached hydrogens (tertiary/aromatic N) is 2. The number of fused-ring (bicyclic) bond motifs is 3. The number of nitrogens with two attached hydrogens (primary N) is 2. The van der Waals surface area contributed by atoms with Crippen molar-refractivity contribution in [3.05, 3.63) is 129 Å². The SMILES string of the molecule is CCc1c(C(F)(F)F)cc(C(=O)C(C)C(C)c2cc(C(N)(CCC3CC3)c3cccc(C#N)c3)ccc2F)n1-c1ccc2c(c1)C1(N)C(C)C1C=C2. The number of Topliss-reactive ketones (excluding diaryl/α,β-unsaturated/α-hetero) is 1. The van der Waals surface area contributed by atoms with Crippen molar-refractivity contribution in [2.24, 2.45) is 35.1 Å². The van der Waals surface area contributed by atoms with Gasteiger partial charge in [0.15, 0.2) is 5.78 Å². The van der Waals surface area contributed by atoms with E-state index in [0.29, 0.717) is 29.2 Å². The Morgan fingerprint density at radius 2 is 1.79 bits per heavy atom. The van der Waals surface area contributed by atoms with Crippen LogP contribution in [0.3, 0.4) is 0 Å². The Morgan fingerprint density at radius 1 is 1.06 bits per heavy atom. The molecule has 270 valence electrons. The third-order valence-electron chi connectivity index (χ3n) is 12.3. The van der Waals surface area contributed by atoms with Crippen LogP contribution in [0.5, 0.6) is 0 Å². The zero-order valence-corrected chi connectivity index (χ0v) is 29.9. The minimum atomic E-state index is -4.70. The fourth-order valence-corrected chi connectivity index (χ4v) is 8.46. The summed E-state index contributed by atoms with van der Waals surface area (Å²) in [4.78, 5) is 14.5. The van der Waals surface area contributed by atoms with Gasteiger partial charge in [-0.25, -0.2) is 4.39 Å². The minimum absolute atomic E-state index is 0.0233. The number of hydrogen-bond acceptors (Lipinski definition) is 4. The standard InChI is InChI=1S/C43H44F4N4O/c1-5-38-36(43(45,46)47)22-39(51(38)32-14-11-29-12-15-34-26(4)42(34,50)35(29)21-32)40(52)25(3)24(2)33-20-31(13-16-37(33)44)41(49,18-17-27-9-10-27)30-8-6-7-28(19-30)23-48/h6-8,11-16,19-22,24-27,34H,5,9-10,17-18,49-50H2,1-4H3. The fourth-order valence-electron chi connectivity index (χ4n) is 8.46. The number of hydrogen-bond donors (Lipinski definition) is 2. The van der Waals surface area contributed by atoms with Crippen molar-refractivity contribution in [1.82, 2.24) is 4.57 Å². The van der Waals surface area contributed by atoms with Gasteiger partial charge in [0.05, 0.1) is 34.0 Å². The lowest BCUT2D eigenvalue weighted by atomic mass is 9.76. The number of ketones is 1. The van der Waals surface area contributed by atoms with Gasteiger partial charge in [0.2, 0.25) is 0 Å².